The quantitative estimate of drug-likeness (QED) is 0.837. The van der Waals surface area contributed by atoms with Crippen LogP contribution in [0.5, 0.6) is 0 Å². The fraction of sp³-hybridized carbons (Fsp3) is 0.600. The van der Waals surface area contributed by atoms with Crippen LogP contribution in [-0.4, -0.2) is 44.8 Å². The lowest BCUT2D eigenvalue weighted by molar-refractivity contribution is -0.121. The Morgan fingerprint density at radius 2 is 2.00 bits per heavy atom. The first-order valence-electron chi connectivity index (χ1n) is 7.80. The maximum atomic E-state index is 11.8. The van der Waals surface area contributed by atoms with Gasteiger partial charge in [0.15, 0.2) is 11.5 Å². The summed E-state index contributed by atoms with van der Waals surface area (Å²) in [7, 11) is 0. The van der Waals surface area contributed by atoms with Gasteiger partial charge >= 0.3 is 0 Å². The van der Waals surface area contributed by atoms with E-state index in [-0.39, 0.29) is 11.9 Å². The van der Waals surface area contributed by atoms with E-state index < -0.39 is 0 Å². The molecule has 0 aliphatic rings. The Bertz CT molecular complexity index is 632. The number of aryl methyl sites for hydroxylation is 1. The molecular weight excluding hydrogens is 280 g/mol. The van der Waals surface area contributed by atoms with Gasteiger partial charge in [-0.05, 0) is 39.8 Å². The van der Waals surface area contributed by atoms with E-state index in [0.717, 1.165) is 18.9 Å². The largest absolute Gasteiger partial charge is 0.356 e. The second-order valence-corrected chi connectivity index (χ2v) is 5.47. The SMILES string of the molecule is CCN(CC)c1ccc2nnc(CCC(=O)NC(C)C)n2n1. The lowest BCUT2D eigenvalue weighted by Crippen LogP contribution is -2.30. The molecule has 2 heterocycles. The molecule has 0 aliphatic carbocycles. The zero-order valence-electron chi connectivity index (χ0n) is 13.7. The number of amides is 1. The first kappa shape index (κ1) is 16.2. The maximum Gasteiger partial charge on any atom is 0.220 e. The van der Waals surface area contributed by atoms with Crippen LogP contribution in [0.1, 0.15) is 39.9 Å². The van der Waals surface area contributed by atoms with Crippen molar-refractivity contribution in [1.29, 1.82) is 0 Å². The Morgan fingerprint density at radius 3 is 2.64 bits per heavy atom. The number of fused-ring (bicyclic) bond motifs is 1. The number of nitrogens with zero attached hydrogens (tertiary/aromatic N) is 5. The number of nitrogens with one attached hydrogen (secondary N) is 1. The Balaban J connectivity index is 2.16. The van der Waals surface area contributed by atoms with Gasteiger partial charge in [-0.3, -0.25) is 4.79 Å². The van der Waals surface area contributed by atoms with Crippen molar-refractivity contribution in [3.8, 4) is 0 Å². The number of hydrogen-bond donors (Lipinski definition) is 1. The summed E-state index contributed by atoms with van der Waals surface area (Å²) in [6, 6.07) is 4.01. The molecule has 0 bridgehead atoms. The predicted octanol–water partition coefficient (Wildman–Crippen LogP) is 1.43. The van der Waals surface area contributed by atoms with Crippen LogP contribution < -0.4 is 10.2 Å². The molecule has 0 aromatic carbocycles. The lowest BCUT2D eigenvalue weighted by atomic mass is 10.2. The molecule has 0 spiro atoms. The zero-order valence-corrected chi connectivity index (χ0v) is 13.7. The van der Waals surface area contributed by atoms with Gasteiger partial charge in [0.05, 0.1) is 0 Å². The van der Waals surface area contributed by atoms with Gasteiger partial charge in [-0.15, -0.1) is 15.3 Å². The van der Waals surface area contributed by atoms with Gasteiger partial charge in [0.1, 0.15) is 5.82 Å². The van der Waals surface area contributed by atoms with E-state index in [0.29, 0.717) is 24.3 Å². The van der Waals surface area contributed by atoms with Crippen molar-refractivity contribution in [2.24, 2.45) is 0 Å². The third-order valence-corrected chi connectivity index (χ3v) is 3.43. The number of rotatable bonds is 7. The van der Waals surface area contributed by atoms with Crippen molar-refractivity contribution in [3.63, 3.8) is 0 Å². The van der Waals surface area contributed by atoms with Crippen molar-refractivity contribution in [2.75, 3.05) is 18.0 Å². The Hall–Kier alpha value is -2.18. The highest BCUT2D eigenvalue weighted by Crippen LogP contribution is 2.12. The van der Waals surface area contributed by atoms with Gasteiger partial charge in [0.25, 0.3) is 0 Å². The van der Waals surface area contributed by atoms with E-state index in [9.17, 15) is 4.79 Å². The minimum absolute atomic E-state index is 0.0200. The first-order valence-corrected chi connectivity index (χ1v) is 7.80. The monoisotopic (exact) mass is 304 g/mol. The summed E-state index contributed by atoms with van der Waals surface area (Å²) in [4.78, 5) is 13.9. The van der Waals surface area contributed by atoms with Crippen LogP contribution in [0.3, 0.4) is 0 Å². The van der Waals surface area contributed by atoms with Crippen LogP contribution in [-0.2, 0) is 11.2 Å². The summed E-state index contributed by atoms with van der Waals surface area (Å²) >= 11 is 0. The van der Waals surface area contributed by atoms with E-state index in [1.165, 1.54) is 0 Å². The van der Waals surface area contributed by atoms with E-state index in [2.05, 4.69) is 39.4 Å². The molecule has 1 amide bonds. The number of carbonyl (C=O) groups is 1. The third-order valence-electron chi connectivity index (χ3n) is 3.43. The minimum Gasteiger partial charge on any atom is -0.356 e. The van der Waals surface area contributed by atoms with Gasteiger partial charge < -0.3 is 10.2 Å². The zero-order chi connectivity index (χ0) is 16.1. The van der Waals surface area contributed by atoms with Crippen molar-refractivity contribution in [2.45, 2.75) is 46.6 Å². The molecule has 7 heteroatoms. The molecule has 120 valence electrons. The van der Waals surface area contributed by atoms with E-state index in [4.69, 9.17) is 0 Å². The molecule has 0 atom stereocenters. The van der Waals surface area contributed by atoms with Gasteiger partial charge in [-0.2, -0.15) is 4.52 Å². The topological polar surface area (TPSA) is 75.4 Å². The van der Waals surface area contributed by atoms with Crippen molar-refractivity contribution >= 4 is 17.4 Å². The highest BCUT2D eigenvalue weighted by atomic mass is 16.1. The number of anilines is 1. The number of hydrogen-bond acceptors (Lipinski definition) is 5. The van der Waals surface area contributed by atoms with Gasteiger partial charge in [0.2, 0.25) is 5.91 Å². The van der Waals surface area contributed by atoms with Crippen LogP contribution in [0, 0.1) is 0 Å². The highest BCUT2D eigenvalue weighted by molar-refractivity contribution is 5.76. The normalized spacial score (nSPS) is 11.1. The fourth-order valence-electron chi connectivity index (χ4n) is 2.32. The smallest absolute Gasteiger partial charge is 0.220 e. The summed E-state index contributed by atoms with van der Waals surface area (Å²) in [5, 5.41) is 15.7. The van der Waals surface area contributed by atoms with Gasteiger partial charge in [-0.25, -0.2) is 0 Å². The summed E-state index contributed by atoms with van der Waals surface area (Å²) < 4.78 is 1.73. The van der Waals surface area contributed by atoms with Crippen molar-refractivity contribution < 1.29 is 4.79 Å². The van der Waals surface area contributed by atoms with Crippen LogP contribution in [0.4, 0.5) is 5.82 Å². The van der Waals surface area contributed by atoms with Crippen LogP contribution in [0.25, 0.3) is 5.65 Å². The molecule has 0 fully saturated rings. The van der Waals surface area contributed by atoms with Crippen molar-refractivity contribution in [1.82, 2.24) is 25.1 Å². The minimum atomic E-state index is 0.0200. The Morgan fingerprint density at radius 1 is 1.27 bits per heavy atom. The molecule has 0 unspecified atom stereocenters. The number of carbonyl (C=O) groups excluding carboxylic acids is 1. The highest BCUT2D eigenvalue weighted by Gasteiger charge is 2.12. The molecule has 7 nitrogen and oxygen atoms in total. The van der Waals surface area contributed by atoms with Crippen LogP contribution in [0.2, 0.25) is 0 Å². The summed E-state index contributed by atoms with van der Waals surface area (Å²) in [6.07, 6.45) is 0.907. The second kappa shape index (κ2) is 7.20. The summed E-state index contributed by atoms with van der Waals surface area (Å²) in [6.45, 7) is 9.87. The molecule has 2 aromatic heterocycles. The Labute approximate surface area is 130 Å². The summed E-state index contributed by atoms with van der Waals surface area (Å²) in [5.41, 5.74) is 0.704. The molecular formula is C15H24N6O. The lowest BCUT2D eigenvalue weighted by Gasteiger charge is -2.19. The standard InChI is InChI=1S/C15H24N6O/c1-5-20(6-2)14-8-7-12-17-18-13(21(12)19-14)9-10-15(22)16-11(3)4/h7-8,11H,5-6,9-10H2,1-4H3,(H,16,22). The average molecular weight is 304 g/mol. The predicted molar refractivity (Wildman–Crippen MR) is 85.9 cm³/mol. The second-order valence-electron chi connectivity index (χ2n) is 5.47. The fourth-order valence-corrected chi connectivity index (χ4v) is 2.32. The van der Waals surface area contributed by atoms with Crippen LogP contribution >= 0.6 is 0 Å². The van der Waals surface area contributed by atoms with E-state index in [1.807, 2.05) is 26.0 Å². The maximum absolute atomic E-state index is 11.8. The first-order chi connectivity index (χ1) is 10.5. The molecule has 0 saturated carbocycles. The Kier molecular flexibility index (Phi) is 5.30. The van der Waals surface area contributed by atoms with E-state index >= 15 is 0 Å². The number of aromatic nitrogens is 4. The molecule has 0 radical (unpaired) electrons. The molecule has 22 heavy (non-hydrogen) atoms. The summed E-state index contributed by atoms with van der Waals surface area (Å²) in [5.74, 6) is 1.62. The average Bonchev–Trinajstić information content (AvgIpc) is 2.88. The third kappa shape index (κ3) is 3.72. The molecule has 2 rings (SSSR count). The van der Waals surface area contributed by atoms with Gasteiger partial charge in [0, 0.05) is 32.0 Å². The molecule has 0 saturated heterocycles. The molecule has 1 N–H and O–H groups in total. The van der Waals surface area contributed by atoms with Crippen molar-refractivity contribution in [3.05, 3.63) is 18.0 Å². The molecule has 2 aromatic rings. The molecule has 0 aliphatic heterocycles. The van der Waals surface area contributed by atoms with E-state index in [1.54, 1.807) is 4.52 Å². The van der Waals surface area contributed by atoms with Gasteiger partial charge in [-0.1, -0.05) is 0 Å². The van der Waals surface area contributed by atoms with Crippen LogP contribution in [0.15, 0.2) is 12.1 Å².